The van der Waals surface area contributed by atoms with Gasteiger partial charge in [0.1, 0.15) is 0 Å². The third kappa shape index (κ3) is 23.2. The van der Waals surface area contributed by atoms with Crippen LogP contribution in [0.2, 0.25) is 0 Å². The summed E-state index contributed by atoms with van der Waals surface area (Å²) in [6.45, 7) is 0. The van der Waals surface area contributed by atoms with Crippen LogP contribution in [0, 0.1) is 0 Å². The van der Waals surface area contributed by atoms with Crippen molar-refractivity contribution >= 4 is 11.9 Å². The highest BCUT2D eigenvalue weighted by atomic mass is 16.4. The highest BCUT2D eigenvalue weighted by Gasteiger charge is 1.87. The number of carbonyl (C=O) groups excluding carboxylic acids is 2. The minimum absolute atomic E-state index is 0. The lowest BCUT2D eigenvalue weighted by molar-refractivity contribution is -0.307. The van der Waals surface area contributed by atoms with Crippen LogP contribution >= 0.6 is 0 Å². The van der Waals surface area contributed by atoms with E-state index < -0.39 is 11.9 Å². The van der Waals surface area contributed by atoms with Crippen molar-refractivity contribution in [3.05, 3.63) is 0 Å². The van der Waals surface area contributed by atoms with E-state index in [4.69, 9.17) is 0 Å². The first-order valence-corrected chi connectivity index (χ1v) is 2.52. The minimum atomic E-state index is -1.23. The Kier molecular flexibility index (Phi) is 23.4. The fraction of sp³-hybridized carbons (Fsp3) is 0.600. The van der Waals surface area contributed by atoms with Gasteiger partial charge in [-0.1, -0.05) is 0 Å². The predicted molar refractivity (Wildman–Crippen MR) is 39.4 cm³/mol. The maximum atomic E-state index is 9.66. The van der Waals surface area contributed by atoms with Crippen molar-refractivity contribution in [3.8, 4) is 0 Å². The van der Waals surface area contributed by atoms with E-state index in [0.717, 1.165) is 0 Å². The number of aliphatic carboxylic acids is 2. The van der Waals surface area contributed by atoms with Gasteiger partial charge in [0, 0.05) is 11.9 Å². The number of quaternary nitrogens is 2. The largest absolute Gasteiger partial charge is 0.550 e. The lowest BCUT2D eigenvalue weighted by atomic mass is 10.2. The molecule has 0 atom stereocenters. The lowest BCUT2D eigenvalue weighted by Gasteiger charge is -2.01. The van der Waals surface area contributed by atoms with Gasteiger partial charge in [-0.25, -0.2) is 0 Å². The van der Waals surface area contributed by atoms with E-state index in [0.29, 0.717) is 0 Å². The SMILES string of the molecule is O.O=C([O-])CCCC(=O)[O-].[NH4+].[NH4+]. The van der Waals surface area contributed by atoms with Crippen LogP contribution < -0.4 is 22.5 Å². The van der Waals surface area contributed by atoms with E-state index in [1.54, 1.807) is 0 Å². The molecule has 0 saturated carbocycles. The Morgan fingerprint density at radius 1 is 0.917 bits per heavy atom. The molecule has 7 heteroatoms. The van der Waals surface area contributed by atoms with Gasteiger partial charge in [0.25, 0.3) is 0 Å². The molecular weight excluding hydrogens is 168 g/mol. The van der Waals surface area contributed by atoms with Gasteiger partial charge < -0.3 is 37.6 Å². The molecule has 0 aliphatic rings. The maximum absolute atomic E-state index is 9.66. The van der Waals surface area contributed by atoms with Crippen molar-refractivity contribution in [2.24, 2.45) is 0 Å². The third-order valence-corrected chi connectivity index (χ3v) is 0.762. The third-order valence-electron chi connectivity index (χ3n) is 0.762. The van der Waals surface area contributed by atoms with Crippen LogP contribution in [0.3, 0.4) is 0 Å². The van der Waals surface area contributed by atoms with Crippen LogP contribution in [-0.2, 0) is 9.59 Å². The Balaban J connectivity index is -0.000000107. The standard InChI is InChI=1S/C5H8O4.2H3N.H2O/c6-4(7)2-1-3-5(8)9;;;/h1-3H2,(H,6,7)(H,8,9);2*1H3;1H2. The Hall–Kier alpha value is -1.18. The molecule has 0 bridgehead atoms. The molecule has 0 radical (unpaired) electrons. The van der Waals surface area contributed by atoms with Crippen molar-refractivity contribution < 1.29 is 25.3 Å². The van der Waals surface area contributed by atoms with E-state index in [2.05, 4.69) is 0 Å². The van der Waals surface area contributed by atoms with Gasteiger partial charge in [-0.2, -0.15) is 0 Å². The van der Waals surface area contributed by atoms with Crippen molar-refractivity contribution in [2.45, 2.75) is 19.3 Å². The molecule has 0 heterocycles. The Labute approximate surface area is 69.9 Å². The number of rotatable bonds is 4. The zero-order valence-corrected chi connectivity index (χ0v) is 7.25. The number of carboxylic acid groups (broad SMARTS) is 2. The molecule has 76 valence electrons. The highest BCUT2D eigenvalue weighted by Crippen LogP contribution is 1.90. The van der Waals surface area contributed by atoms with Crippen molar-refractivity contribution in [1.29, 1.82) is 0 Å². The molecule has 0 saturated heterocycles. The van der Waals surface area contributed by atoms with E-state index in [9.17, 15) is 19.8 Å². The molecule has 0 aromatic heterocycles. The molecule has 0 fully saturated rings. The van der Waals surface area contributed by atoms with Gasteiger partial charge in [-0.15, -0.1) is 0 Å². The molecule has 0 aromatic rings. The smallest absolute Gasteiger partial charge is 0.0414 e. The number of carbonyl (C=O) groups is 2. The van der Waals surface area contributed by atoms with E-state index in [-0.39, 0.29) is 37.0 Å². The first-order chi connectivity index (χ1) is 4.13. The zero-order chi connectivity index (χ0) is 7.28. The van der Waals surface area contributed by atoms with Crippen LogP contribution in [-0.4, -0.2) is 17.4 Å². The predicted octanol–water partition coefficient (Wildman–Crippen LogP) is -2.42. The van der Waals surface area contributed by atoms with Gasteiger partial charge >= 0.3 is 0 Å². The summed E-state index contributed by atoms with van der Waals surface area (Å²) in [6, 6.07) is 0. The molecule has 0 amide bonds. The molecular formula is C5H16N2O5. The van der Waals surface area contributed by atoms with Crippen LogP contribution in [0.25, 0.3) is 0 Å². The number of hydrogen-bond acceptors (Lipinski definition) is 4. The molecule has 12 heavy (non-hydrogen) atoms. The van der Waals surface area contributed by atoms with Crippen LogP contribution in [0.15, 0.2) is 0 Å². The van der Waals surface area contributed by atoms with Gasteiger partial charge in [-0.3, -0.25) is 0 Å². The van der Waals surface area contributed by atoms with Gasteiger partial charge in [-0.05, 0) is 19.3 Å². The van der Waals surface area contributed by atoms with E-state index in [1.165, 1.54) is 0 Å². The van der Waals surface area contributed by atoms with Crippen LogP contribution in [0.5, 0.6) is 0 Å². The number of carboxylic acids is 2. The summed E-state index contributed by atoms with van der Waals surface area (Å²) in [5, 5.41) is 19.3. The van der Waals surface area contributed by atoms with E-state index in [1.807, 2.05) is 0 Å². The summed E-state index contributed by atoms with van der Waals surface area (Å²) in [5.74, 6) is -2.45. The van der Waals surface area contributed by atoms with Gasteiger partial charge in [0.05, 0.1) is 0 Å². The zero-order valence-electron chi connectivity index (χ0n) is 7.25. The fourth-order valence-corrected chi connectivity index (χ4v) is 0.377. The van der Waals surface area contributed by atoms with E-state index >= 15 is 0 Å². The lowest BCUT2D eigenvalue weighted by Crippen LogP contribution is -2.25. The summed E-state index contributed by atoms with van der Waals surface area (Å²) in [4.78, 5) is 19.3. The second-order valence-electron chi connectivity index (χ2n) is 1.60. The molecule has 7 nitrogen and oxygen atoms in total. The fourth-order valence-electron chi connectivity index (χ4n) is 0.377. The summed E-state index contributed by atoms with van der Waals surface area (Å²) in [6.07, 6.45) is -0.341. The quantitative estimate of drug-likeness (QED) is 0.492. The van der Waals surface area contributed by atoms with Crippen molar-refractivity contribution in [1.82, 2.24) is 12.3 Å². The van der Waals surface area contributed by atoms with Crippen molar-refractivity contribution in [2.75, 3.05) is 0 Å². The first-order valence-electron chi connectivity index (χ1n) is 2.52. The maximum Gasteiger partial charge on any atom is 0.0414 e. The first kappa shape index (κ1) is 22.4. The van der Waals surface area contributed by atoms with Gasteiger partial charge in [0.2, 0.25) is 0 Å². The molecule has 0 aliphatic heterocycles. The second kappa shape index (κ2) is 12.5. The minimum Gasteiger partial charge on any atom is -0.550 e. The van der Waals surface area contributed by atoms with Gasteiger partial charge in [0.15, 0.2) is 0 Å². The second-order valence-corrected chi connectivity index (χ2v) is 1.60. The molecule has 10 N–H and O–H groups in total. The summed E-state index contributed by atoms with van der Waals surface area (Å²) in [7, 11) is 0. The summed E-state index contributed by atoms with van der Waals surface area (Å²) < 4.78 is 0. The normalized spacial score (nSPS) is 6.67. The number of hydrogen-bond donors (Lipinski definition) is 2. The van der Waals surface area contributed by atoms with Crippen molar-refractivity contribution in [3.63, 3.8) is 0 Å². The summed E-state index contributed by atoms with van der Waals surface area (Å²) >= 11 is 0. The highest BCUT2D eigenvalue weighted by molar-refractivity contribution is 5.67. The van der Waals surface area contributed by atoms with Crippen LogP contribution in [0.1, 0.15) is 19.3 Å². The molecule has 0 aliphatic carbocycles. The molecule has 0 unspecified atom stereocenters. The average Bonchev–Trinajstić information content (AvgIpc) is 1.63. The monoisotopic (exact) mass is 184 g/mol. The molecule has 0 rings (SSSR count). The average molecular weight is 184 g/mol. The Morgan fingerprint density at radius 2 is 1.17 bits per heavy atom. The molecule has 0 aromatic carbocycles. The Bertz CT molecular complexity index is 113. The Morgan fingerprint density at radius 3 is 1.33 bits per heavy atom. The molecule has 0 spiro atoms. The van der Waals surface area contributed by atoms with Crippen LogP contribution in [0.4, 0.5) is 0 Å². The topological polar surface area (TPSA) is 185 Å². The summed E-state index contributed by atoms with van der Waals surface area (Å²) in [5.41, 5.74) is 0.